The number of carbonyl (C=O) groups excluding carboxylic acids is 2. The highest BCUT2D eigenvalue weighted by atomic mass is 32.2. The van der Waals surface area contributed by atoms with E-state index in [1.54, 1.807) is 12.1 Å². The summed E-state index contributed by atoms with van der Waals surface area (Å²) in [5.41, 5.74) is 11.8. The molecule has 8 N–H and O–H groups in total. The van der Waals surface area contributed by atoms with Crippen molar-refractivity contribution >= 4 is 47.5 Å². The first kappa shape index (κ1) is 27.5. The number of carboxylic acid groups (broad SMARTS) is 1. The van der Waals surface area contributed by atoms with E-state index < -0.39 is 37.0 Å². The van der Waals surface area contributed by atoms with Gasteiger partial charge in [-0.1, -0.05) is 35.5 Å². The van der Waals surface area contributed by atoms with E-state index >= 15 is 0 Å². The van der Waals surface area contributed by atoms with E-state index in [9.17, 15) is 24.5 Å². The summed E-state index contributed by atoms with van der Waals surface area (Å²) >= 11 is 1.23. The summed E-state index contributed by atoms with van der Waals surface area (Å²) in [7, 11) is -0.201. The number of aliphatic imine (C=N–C) groups is 1. The number of rotatable bonds is 10. The van der Waals surface area contributed by atoms with Crippen molar-refractivity contribution in [3.8, 4) is 5.75 Å². The van der Waals surface area contributed by atoms with Gasteiger partial charge in [-0.25, -0.2) is 4.79 Å². The van der Waals surface area contributed by atoms with E-state index in [1.807, 2.05) is 0 Å². The molecule has 2 aliphatic heterocycles. The Labute approximate surface area is 212 Å². The molecule has 2 heterocycles. The van der Waals surface area contributed by atoms with Crippen molar-refractivity contribution in [1.82, 2.24) is 10.6 Å². The third-order valence-corrected chi connectivity index (χ3v) is 6.55. The number of unbranched alkanes of at least 4 members (excludes halogenated alkanes) is 1. The van der Waals surface area contributed by atoms with E-state index in [4.69, 9.17) is 21.0 Å². The quantitative estimate of drug-likeness (QED) is 0.0946. The molecule has 15 heteroatoms. The number of aromatic carboxylic acids is 1. The van der Waals surface area contributed by atoms with E-state index in [0.717, 1.165) is 12.8 Å². The lowest BCUT2D eigenvalue weighted by Crippen LogP contribution is -2.55. The SMILES string of the molecule is CO/N=C(\C(=O)N[C@H]1Cc2cccc(C(=O)O)c2OB1O)C1CSC(NC(=O)[C@@H](N)CCCCN)=N1. The number of carbonyl (C=O) groups is 3. The van der Waals surface area contributed by atoms with Crippen molar-refractivity contribution in [2.45, 2.75) is 43.7 Å². The van der Waals surface area contributed by atoms with Gasteiger partial charge in [0.15, 0.2) is 10.9 Å². The largest absolute Gasteiger partial charge is 0.547 e. The topological polar surface area (TPSA) is 211 Å². The molecule has 0 aliphatic carbocycles. The molecule has 1 unspecified atom stereocenters. The fraction of sp³-hybridized carbons (Fsp3) is 0.476. The Morgan fingerprint density at radius 3 is 2.86 bits per heavy atom. The Kier molecular flexibility index (Phi) is 9.69. The van der Waals surface area contributed by atoms with Crippen LogP contribution >= 0.6 is 11.8 Å². The van der Waals surface area contributed by atoms with Gasteiger partial charge in [0.25, 0.3) is 5.91 Å². The number of oxime groups is 1. The normalized spacial score (nSPS) is 20.1. The number of nitrogens with two attached hydrogens (primary N) is 2. The first-order chi connectivity index (χ1) is 17.2. The van der Waals surface area contributed by atoms with Crippen LogP contribution in [0.15, 0.2) is 28.3 Å². The second-order valence-electron chi connectivity index (χ2n) is 8.19. The van der Waals surface area contributed by atoms with Crippen molar-refractivity contribution in [2.24, 2.45) is 21.6 Å². The molecule has 36 heavy (non-hydrogen) atoms. The molecule has 13 nitrogen and oxygen atoms in total. The number of amidine groups is 1. The van der Waals surface area contributed by atoms with Crippen LogP contribution in [-0.4, -0.2) is 83.3 Å². The number of benzene rings is 1. The fourth-order valence-corrected chi connectivity index (χ4v) is 4.65. The Morgan fingerprint density at radius 2 is 2.17 bits per heavy atom. The second-order valence-corrected chi connectivity index (χ2v) is 9.20. The summed E-state index contributed by atoms with van der Waals surface area (Å²) in [5, 5.41) is 29.2. The number of para-hydroxylation sites is 1. The van der Waals surface area contributed by atoms with Gasteiger partial charge in [-0.05, 0) is 37.4 Å². The van der Waals surface area contributed by atoms with E-state index in [0.29, 0.717) is 29.4 Å². The third-order valence-electron chi connectivity index (χ3n) is 5.59. The Bertz CT molecular complexity index is 1060. The molecule has 2 aliphatic rings. The number of nitrogens with zero attached hydrogens (tertiary/aromatic N) is 2. The molecule has 0 radical (unpaired) electrons. The average Bonchev–Trinajstić information content (AvgIpc) is 3.30. The van der Waals surface area contributed by atoms with E-state index in [-0.39, 0.29) is 29.4 Å². The minimum absolute atomic E-state index is 0.0567. The zero-order valence-corrected chi connectivity index (χ0v) is 20.5. The summed E-state index contributed by atoms with van der Waals surface area (Å²) in [4.78, 5) is 46.0. The predicted octanol–water partition coefficient (Wildman–Crippen LogP) is -1.13. The molecule has 0 aromatic heterocycles. The number of carboxylic acids is 1. The monoisotopic (exact) mass is 520 g/mol. The highest BCUT2D eigenvalue weighted by Crippen LogP contribution is 2.30. The molecule has 194 valence electrons. The summed E-state index contributed by atoms with van der Waals surface area (Å²) in [6, 6.07) is 3.17. The number of hydrogen-bond acceptors (Lipinski definition) is 11. The van der Waals surface area contributed by atoms with Crippen molar-refractivity contribution in [2.75, 3.05) is 19.4 Å². The van der Waals surface area contributed by atoms with Crippen LogP contribution in [0.3, 0.4) is 0 Å². The highest BCUT2D eigenvalue weighted by Gasteiger charge is 2.40. The minimum atomic E-state index is -1.48. The van der Waals surface area contributed by atoms with Gasteiger partial charge in [0.1, 0.15) is 18.9 Å². The molecule has 3 atom stereocenters. The van der Waals surface area contributed by atoms with Gasteiger partial charge >= 0.3 is 13.1 Å². The number of nitrogens with one attached hydrogen (secondary N) is 2. The van der Waals surface area contributed by atoms with Crippen molar-refractivity contribution in [3.05, 3.63) is 29.3 Å². The average molecular weight is 520 g/mol. The number of amides is 2. The summed E-state index contributed by atoms with van der Waals surface area (Å²) in [5.74, 6) is -2.71. The van der Waals surface area contributed by atoms with Crippen molar-refractivity contribution in [3.63, 3.8) is 0 Å². The van der Waals surface area contributed by atoms with Crippen LogP contribution in [0, 0.1) is 0 Å². The number of thioether (sulfide) groups is 1. The van der Waals surface area contributed by atoms with Gasteiger partial charge in [0, 0.05) is 5.75 Å². The van der Waals surface area contributed by atoms with E-state index in [1.165, 1.54) is 24.9 Å². The summed E-state index contributed by atoms with van der Waals surface area (Å²) < 4.78 is 5.41. The predicted molar refractivity (Wildman–Crippen MR) is 135 cm³/mol. The maximum atomic E-state index is 13.0. The van der Waals surface area contributed by atoms with E-state index in [2.05, 4.69) is 20.8 Å². The highest BCUT2D eigenvalue weighted by molar-refractivity contribution is 8.14. The van der Waals surface area contributed by atoms with Gasteiger partial charge in [-0.15, -0.1) is 0 Å². The molecule has 1 aromatic rings. The Balaban J connectivity index is 1.65. The number of fused-ring (bicyclic) bond motifs is 1. The maximum absolute atomic E-state index is 13.0. The lowest BCUT2D eigenvalue weighted by Gasteiger charge is -2.29. The molecule has 0 spiro atoms. The maximum Gasteiger partial charge on any atom is 0.547 e. The molecule has 0 saturated carbocycles. The van der Waals surface area contributed by atoms with Crippen LogP contribution in [-0.2, 0) is 20.8 Å². The summed E-state index contributed by atoms with van der Waals surface area (Å²) in [6.07, 6.45) is 2.14. The molecule has 0 bridgehead atoms. The van der Waals surface area contributed by atoms with Crippen LogP contribution in [0.2, 0.25) is 0 Å². The summed E-state index contributed by atoms with van der Waals surface area (Å²) in [6.45, 7) is 0.530. The molecule has 2 amide bonds. The fourth-order valence-electron chi connectivity index (χ4n) is 3.73. The minimum Gasteiger partial charge on any atom is -0.534 e. The van der Waals surface area contributed by atoms with Gasteiger partial charge in [-0.2, -0.15) is 0 Å². The molecule has 1 aromatic carbocycles. The van der Waals surface area contributed by atoms with Crippen molar-refractivity contribution in [1.29, 1.82) is 0 Å². The van der Waals surface area contributed by atoms with Crippen LogP contribution < -0.4 is 26.8 Å². The van der Waals surface area contributed by atoms with Crippen LogP contribution in [0.25, 0.3) is 0 Å². The van der Waals surface area contributed by atoms with Gasteiger partial charge in [0.2, 0.25) is 5.91 Å². The van der Waals surface area contributed by atoms with Gasteiger partial charge in [-0.3, -0.25) is 14.6 Å². The zero-order chi connectivity index (χ0) is 26.2. The Hall–Kier alpha value is -3.14. The second kappa shape index (κ2) is 12.7. The third kappa shape index (κ3) is 6.75. The molecular formula is C21H29BN6O7S. The first-order valence-electron chi connectivity index (χ1n) is 11.3. The van der Waals surface area contributed by atoms with Crippen LogP contribution in [0.5, 0.6) is 5.75 Å². The lowest BCUT2D eigenvalue weighted by atomic mass is 9.72. The smallest absolute Gasteiger partial charge is 0.534 e. The zero-order valence-electron chi connectivity index (χ0n) is 19.7. The van der Waals surface area contributed by atoms with Crippen LogP contribution in [0.1, 0.15) is 35.2 Å². The lowest BCUT2D eigenvalue weighted by molar-refractivity contribution is -0.121. The standard InChI is InChI=1S/C21H29BN6O7S/c1-34-28-16(14-10-36-21(25-14)27-18(29)13(24)7-2-3-8-23)19(30)26-15-9-11-5-4-6-12(20(31)32)17(11)35-22(15)33/h4-6,13-15,33H,2-3,7-10,23-24H2,1H3,(H,26,30)(H,31,32)(H,25,27,29)/b28-16-/t13-,14?,15-/m0/s1. The molecule has 3 rings (SSSR count). The molecule has 0 saturated heterocycles. The first-order valence-corrected chi connectivity index (χ1v) is 12.3. The Morgan fingerprint density at radius 1 is 1.39 bits per heavy atom. The number of hydrogen-bond donors (Lipinski definition) is 6. The van der Waals surface area contributed by atoms with Crippen molar-refractivity contribution < 1.29 is 34.0 Å². The van der Waals surface area contributed by atoms with Gasteiger partial charge < -0.3 is 41.7 Å². The molecule has 0 fully saturated rings. The molecular weight excluding hydrogens is 491 g/mol. The van der Waals surface area contributed by atoms with Crippen LogP contribution in [0.4, 0.5) is 0 Å². The van der Waals surface area contributed by atoms with Gasteiger partial charge in [0.05, 0.1) is 17.5 Å².